The average molecular weight is 775 g/mol. The maximum atomic E-state index is 5.02. The number of benzene rings is 9. The lowest BCUT2D eigenvalue weighted by Gasteiger charge is -2.26. The van der Waals surface area contributed by atoms with Gasteiger partial charge >= 0.3 is 0 Å². The number of nitrogens with zero attached hydrogens (tertiary/aromatic N) is 4. The maximum absolute atomic E-state index is 5.02. The Bertz CT molecular complexity index is 2860. The summed E-state index contributed by atoms with van der Waals surface area (Å²) in [6, 6.07) is 81.4. The molecule has 0 aliphatic rings. The van der Waals surface area contributed by atoms with Crippen molar-refractivity contribution in [2.24, 2.45) is 0 Å². The molecule has 0 aliphatic heterocycles. The first-order valence-corrected chi connectivity index (χ1v) is 20.5. The van der Waals surface area contributed by atoms with Gasteiger partial charge in [-0.25, -0.2) is 4.98 Å². The molecule has 5 heteroatoms. The zero-order valence-electron chi connectivity index (χ0n) is 32.1. The molecular weight excluding hydrogens is 737 g/mol. The van der Waals surface area contributed by atoms with Crippen LogP contribution < -0.4 is 9.80 Å². The Morgan fingerprint density at radius 3 is 1.19 bits per heavy atom. The summed E-state index contributed by atoms with van der Waals surface area (Å²) in [6.45, 7) is 0. The van der Waals surface area contributed by atoms with Gasteiger partial charge in [-0.1, -0.05) is 133 Å². The van der Waals surface area contributed by atoms with Gasteiger partial charge in [-0.15, -0.1) is 0 Å². The summed E-state index contributed by atoms with van der Waals surface area (Å²) < 4.78 is 4.81. The minimum atomic E-state index is 0.719. The van der Waals surface area contributed by atoms with Crippen LogP contribution in [-0.2, 0) is 0 Å². The van der Waals surface area contributed by atoms with Gasteiger partial charge in [0.15, 0.2) is 5.82 Å². The van der Waals surface area contributed by atoms with Crippen LogP contribution in [0.4, 0.5) is 34.1 Å². The molecule has 0 radical (unpaired) electrons. The molecule has 0 amide bonds. The maximum Gasteiger partial charge on any atom is 0.173 e. The van der Waals surface area contributed by atoms with Gasteiger partial charge in [0.2, 0.25) is 0 Å². The van der Waals surface area contributed by atoms with Crippen LogP contribution in [0.1, 0.15) is 0 Å². The topological polar surface area (TPSA) is 32.3 Å². The molecule has 0 spiro atoms. The number of fused-ring (bicyclic) bond motifs is 1. The van der Waals surface area contributed by atoms with Gasteiger partial charge in [0, 0.05) is 45.3 Å². The summed E-state index contributed by atoms with van der Waals surface area (Å²) in [6.07, 6.45) is 0. The lowest BCUT2D eigenvalue weighted by molar-refractivity contribution is 1.27. The van der Waals surface area contributed by atoms with Crippen molar-refractivity contribution in [2.45, 2.75) is 0 Å². The highest BCUT2D eigenvalue weighted by molar-refractivity contribution is 7.09. The molecule has 0 unspecified atom stereocenters. The number of para-hydroxylation sites is 1. The van der Waals surface area contributed by atoms with Crippen molar-refractivity contribution in [3.63, 3.8) is 0 Å². The highest BCUT2D eigenvalue weighted by Crippen LogP contribution is 2.40. The minimum absolute atomic E-state index is 0.719. The molecule has 0 aliphatic carbocycles. The fraction of sp³-hybridized carbons (Fsp3) is 0. The first-order valence-electron chi connectivity index (χ1n) is 19.7. The molecule has 1 aromatic heterocycles. The number of hydrogen-bond acceptors (Lipinski definition) is 5. The van der Waals surface area contributed by atoms with E-state index in [0.717, 1.165) is 56.1 Å². The highest BCUT2D eigenvalue weighted by Gasteiger charge is 2.17. The minimum Gasteiger partial charge on any atom is -0.311 e. The molecule has 4 nitrogen and oxygen atoms in total. The van der Waals surface area contributed by atoms with Gasteiger partial charge in [-0.05, 0) is 142 Å². The Balaban J connectivity index is 0.929. The van der Waals surface area contributed by atoms with E-state index in [1.165, 1.54) is 44.6 Å². The number of rotatable bonds is 10. The largest absolute Gasteiger partial charge is 0.311 e. The Labute approximate surface area is 348 Å². The normalized spacial score (nSPS) is 11.1. The highest BCUT2D eigenvalue weighted by atomic mass is 32.1. The Hall–Kier alpha value is -7.60. The summed E-state index contributed by atoms with van der Waals surface area (Å²) in [7, 11) is 0. The molecule has 10 aromatic rings. The van der Waals surface area contributed by atoms with E-state index in [9.17, 15) is 0 Å². The molecule has 9 aromatic carbocycles. The zero-order chi connectivity index (χ0) is 39.4. The first kappa shape index (κ1) is 35.8. The quantitative estimate of drug-likeness (QED) is 0.139. The fourth-order valence-corrected chi connectivity index (χ4v) is 8.31. The Kier molecular flexibility index (Phi) is 9.77. The van der Waals surface area contributed by atoms with Gasteiger partial charge in [0.1, 0.15) is 5.01 Å². The second-order valence-electron chi connectivity index (χ2n) is 14.4. The summed E-state index contributed by atoms with van der Waals surface area (Å²) in [5, 5.41) is 3.31. The van der Waals surface area contributed by atoms with Crippen LogP contribution in [0.2, 0.25) is 0 Å². The van der Waals surface area contributed by atoms with E-state index in [0.29, 0.717) is 0 Å². The van der Waals surface area contributed by atoms with Gasteiger partial charge in [-0.3, -0.25) is 0 Å². The Morgan fingerprint density at radius 2 is 0.661 bits per heavy atom. The van der Waals surface area contributed by atoms with Crippen molar-refractivity contribution in [3.8, 4) is 44.2 Å². The summed E-state index contributed by atoms with van der Waals surface area (Å²) in [5.41, 5.74) is 13.3. The first-order chi connectivity index (χ1) is 29.2. The molecule has 0 atom stereocenters. The van der Waals surface area contributed by atoms with E-state index in [4.69, 9.17) is 9.36 Å². The average Bonchev–Trinajstić information content (AvgIpc) is 3.82. The van der Waals surface area contributed by atoms with Crippen molar-refractivity contribution in [1.29, 1.82) is 0 Å². The van der Waals surface area contributed by atoms with Gasteiger partial charge < -0.3 is 9.80 Å². The second-order valence-corrected chi connectivity index (χ2v) is 15.1. The molecule has 0 bridgehead atoms. The third kappa shape index (κ3) is 7.51. The molecule has 0 saturated carbocycles. The van der Waals surface area contributed by atoms with E-state index >= 15 is 0 Å². The van der Waals surface area contributed by atoms with E-state index in [-0.39, 0.29) is 0 Å². The van der Waals surface area contributed by atoms with Gasteiger partial charge in [-0.2, -0.15) is 4.37 Å². The molecule has 0 saturated heterocycles. The zero-order valence-corrected chi connectivity index (χ0v) is 33.0. The monoisotopic (exact) mass is 774 g/mol. The predicted octanol–water partition coefficient (Wildman–Crippen LogP) is 15.3. The molecule has 59 heavy (non-hydrogen) atoms. The number of aromatic nitrogens is 2. The van der Waals surface area contributed by atoms with E-state index in [2.05, 4.69) is 240 Å². The second kappa shape index (κ2) is 16.1. The van der Waals surface area contributed by atoms with Crippen LogP contribution in [-0.4, -0.2) is 9.36 Å². The molecular formula is C54H38N4S. The molecule has 1 heterocycles. The van der Waals surface area contributed by atoms with Crippen LogP contribution in [0.25, 0.3) is 55.0 Å². The summed E-state index contributed by atoms with van der Waals surface area (Å²) >= 11 is 1.42. The number of anilines is 6. The van der Waals surface area contributed by atoms with Crippen LogP contribution in [0, 0.1) is 0 Å². The lowest BCUT2D eigenvalue weighted by atomic mass is 10.0. The van der Waals surface area contributed by atoms with Crippen LogP contribution >= 0.6 is 11.5 Å². The molecule has 0 fully saturated rings. The third-order valence-corrected chi connectivity index (χ3v) is 11.4. The lowest BCUT2D eigenvalue weighted by Crippen LogP contribution is -2.09. The fourth-order valence-electron chi connectivity index (χ4n) is 7.63. The van der Waals surface area contributed by atoms with E-state index < -0.39 is 0 Å². The Morgan fingerprint density at radius 1 is 0.288 bits per heavy atom. The van der Waals surface area contributed by atoms with Crippen LogP contribution in [0.15, 0.2) is 231 Å². The van der Waals surface area contributed by atoms with Crippen LogP contribution in [0.5, 0.6) is 0 Å². The number of hydrogen-bond donors (Lipinski definition) is 0. The third-order valence-electron chi connectivity index (χ3n) is 10.7. The van der Waals surface area contributed by atoms with Crippen molar-refractivity contribution in [1.82, 2.24) is 9.36 Å². The summed E-state index contributed by atoms with van der Waals surface area (Å²) in [5.74, 6) is 0.719. The SMILES string of the molecule is c1ccc(-c2ccc(N(c3ccc(-c4ccccc4)cc3)c3ccc(-c4nc(-c5ccc(N(c6ccccc6)c6ccc7ccccc7c6)cc5)ns4)cc3)cc2)cc1. The predicted molar refractivity (Wildman–Crippen MR) is 249 cm³/mol. The van der Waals surface area contributed by atoms with Crippen molar-refractivity contribution >= 4 is 56.4 Å². The molecule has 280 valence electrons. The van der Waals surface area contributed by atoms with Gasteiger partial charge in [0.05, 0.1) is 0 Å². The summed E-state index contributed by atoms with van der Waals surface area (Å²) in [4.78, 5) is 9.61. The van der Waals surface area contributed by atoms with Crippen molar-refractivity contribution in [3.05, 3.63) is 231 Å². The van der Waals surface area contributed by atoms with E-state index in [1.54, 1.807) is 0 Å². The standard InChI is InChI=1S/C54H38N4S/c1-4-12-39(13-5-1)42-20-29-48(30-21-42)57(49-31-22-43(23-32-49)40-14-6-2-7-15-40)50-35-27-45(28-36-50)54-55-53(56-59-54)44-25-33-51(34-26-44)58(47-18-8-3-9-19-47)52-37-24-41-16-10-11-17-46(41)38-52/h1-38H. The van der Waals surface area contributed by atoms with E-state index in [1.807, 2.05) is 0 Å². The molecule has 0 N–H and O–H groups in total. The van der Waals surface area contributed by atoms with Crippen LogP contribution in [0.3, 0.4) is 0 Å². The van der Waals surface area contributed by atoms with Gasteiger partial charge in [0.25, 0.3) is 0 Å². The smallest absolute Gasteiger partial charge is 0.173 e. The molecule has 10 rings (SSSR count). The van der Waals surface area contributed by atoms with Crippen molar-refractivity contribution < 1.29 is 0 Å². The van der Waals surface area contributed by atoms with Crippen molar-refractivity contribution in [2.75, 3.05) is 9.80 Å².